The molecule has 0 spiro atoms. The van der Waals surface area contributed by atoms with Gasteiger partial charge in [0, 0.05) is 23.0 Å². The molecule has 154 valence electrons. The van der Waals surface area contributed by atoms with Gasteiger partial charge in [0.15, 0.2) is 0 Å². The molecule has 8 nitrogen and oxygen atoms in total. The van der Waals surface area contributed by atoms with E-state index in [1.165, 1.54) is 24.3 Å². The number of hydrogen-bond acceptors (Lipinski definition) is 7. The highest BCUT2D eigenvalue weighted by Crippen LogP contribution is 2.56. The van der Waals surface area contributed by atoms with Gasteiger partial charge in [-0.3, -0.25) is 4.28 Å². The molecule has 9 heteroatoms. The summed E-state index contributed by atoms with van der Waals surface area (Å²) in [6, 6.07) is 5.84. The van der Waals surface area contributed by atoms with E-state index in [-0.39, 0.29) is 29.3 Å². The molecule has 0 aliphatic heterocycles. The molecule has 0 fully saturated rings. The van der Waals surface area contributed by atoms with Crippen molar-refractivity contribution in [2.24, 2.45) is 0 Å². The SMILES string of the molecule is CC(C)(C)OC(=O)c1ccc(OS(=O)On2c(O)c3c(c2O)C2C=CC3C2)cc1. The zero-order valence-electron chi connectivity index (χ0n) is 16.1. The van der Waals surface area contributed by atoms with E-state index in [1.807, 2.05) is 12.2 Å². The lowest BCUT2D eigenvalue weighted by atomic mass is 10.0. The summed E-state index contributed by atoms with van der Waals surface area (Å²) >= 11 is -2.34. The fraction of sp³-hybridized carbons (Fsp3) is 0.350. The Labute approximate surface area is 170 Å². The van der Waals surface area contributed by atoms with Crippen LogP contribution in [0.2, 0.25) is 0 Å². The van der Waals surface area contributed by atoms with Crippen molar-refractivity contribution in [2.75, 3.05) is 0 Å². The van der Waals surface area contributed by atoms with Crippen LogP contribution in [-0.4, -0.2) is 30.7 Å². The zero-order valence-corrected chi connectivity index (χ0v) is 16.9. The first-order valence-electron chi connectivity index (χ1n) is 9.11. The van der Waals surface area contributed by atoms with Crippen LogP contribution in [0.3, 0.4) is 0 Å². The average Bonchev–Trinajstić information content (AvgIpc) is 3.31. The number of rotatable bonds is 5. The van der Waals surface area contributed by atoms with E-state index in [9.17, 15) is 19.2 Å². The van der Waals surface area contributed by atoms with Gasteiger partial charge in [-0.25, -0.2) is 4.79 Å². The van der Waals surface area contributed by atoms with E-state index < -0.39 is 22.9 Å². The van der Waals surface area contributed by atoms with Crippen LogP contribution < -0.4 is 8.47 Å². The van der Waals surface area contributed by atoms with Crippen molar-refractivity contribution in [2.45, 2.75) is 44.6 Å². The summed E-state index contributed by atoms with van der Waals surface area (Å²) < 4.78 is 28.5. The van der Waals surface area contributed by atoms with Crippen LogP contribution in [0.4, 0.5) is 0 Å². The number of allylic oxidation sites excluding steroid dienone is 2. The summed E-state index contributed by atoms with van der Waals surface area (Å²) in [4.78, 5) is 12.0. The van der Waals surface area contributed by atoms with Gasteiger partial charge in [0.1, 0.15) is 11.4 Å². The van der Waals surface area contributed by atoms with E-state index in [0.717, 1.165) is 11.2 Å². The minimum absolute atomic E-state index is 0.0144. The molecule has 2 aliphatic carbocycles. The number of carbonyl (C=O) groups is 1. The van der Waals surface area contributed by atoms with Gasteiger partial charge in [-0.05, 0) is 51.5 Å². The minimum Gasteiger partial charge on any atom is -0.492 e. The highest BCUT2D eigenvalue weighted by atomic mass is 32.2. The number of ether oxygens (including phenoxy) is 1. The van der Waals surface area contributed by atoms with Crippen LogP contribution in [0.15, 0.2) is 36.4 Å². The molecule has 3 unspecified atom stereocenters. The second-order valence-electron chi connectivity index (χ2n) is 7.99. The lowest BCUT2D eigenvalue weighted by Gasteiger charge is -2.19. The first-order chi connectivity index (χ1) is 13.6. The summed E-state index contributed by atoms with van der Waals surface area (Å²) in [7, 11) is 0. The molecule has 2 bridgehead atoms. The van der Waals surface area contributed by atoms with E-state index in [2.05, 4.69) is 0 Å². The van der Waals surface area contributed by atoms with Gasteiger partial charge in [0.2, 0.25) is 11.8 Å². The molecule has 0 saturated carbocycles. The quantitative estimate of drug-likeness (QED) is 0.566. The van der Waals surface area contributed by atoms with Crippen molar-refractivity contribution in [3.05, 3.63) is 53.1 Å². The van der Waals surface area contributed by atoms with E-state index >= 15 is 0 Å². The Morgan fingerprint density at radius 3 is 2.14 bits per heavy atom. The van der Waals surface area contributed by atoms with Gasteiger partial charge in [0.05, 0.1) is 5.56 Å². The van der Waals surface area contributed by atoms with Crippen LogP contribution in [0.25, 0.3) is 0 Å². The van der Waals surface area contributed by atoms with Crippen LogP contribution in [-0.2, 0) is 16.1 Å². The van der Waals surface area contributed by atoms with Crippen LogP contribution in [0.5, 0.6) is 17.5 Å². The Hall–Kier alpha value is -2.94. The highest BCUT2D eigenvalue weighted by molar-refractivity contribution is 7.75. The third-order valence-corrected chi connectivity index (χ3v) is 5.37. The zero-order chi connectivity index (χ0) is 20.9. The van der Waals surface area contributed by atoms with Crippen molar-refractivity contribution in [3.63, 3.8) is 0 Å². The van der Waals surface area contributed by atoms with Crippen LogP contribution >= 0.6 is 0 Å². The number of nitrogens with zero attached hydrogens (tertiary/aromatic N) is 1. The smallest absolute Gasteiger partial charge is 0.438 e. The van der Waals surface area contributed by atoms with E-state index in [0.29, 0.717) is 16.7 Å². The van der Waals surface area contributed by atoms with Gasteiger partial charge in [-0.2, -0.15) is 4.21 Å². The second kappa shape index (κ2) is 6.84. The Balaban J connectivity index is 1.43. The Morgan fingerprint density at radius 1 is 1.07 bits per heavy atom. The molecule has 2 N–H and O–H groups in total. The summed E-state index contributed by atoms with van der Waals surface area (Å²) in [5, 5.41) is 20.7. The van der Waals surface area contributed by atoms with E-state index in [1.54, 1.807) is 20.8 Å². The van der Waals surface area contributed by atoms with Crippen molar-refractivity contribution < 1.29 is 32.4 Å². The Morgan fingerprint density at radius 2 is 1.62 bits per heavy atom. The molecule has 4 rings (SSSR count). The van der Waals surface area contributed by atoms with Gasteiger partial charge < -0.3 is 19.1 Å². The monoisotopic (exact) mass is 419 g/mol. The predicted molar refractivity (Wildman–Crippen MR) is 104 cm³/mol. The number of hydrogen-bond donors (Lipinski definition) is 2. The number of benzene rings is 1. The maximum Gasteiger partial charge on any atom is 0.438 e. The van der Waals surface area contributed by atoms with Crippen molar-refractivity contribution in [1.29, 1.82) is 0 Å². The molecule has 2 aliphatic rings. The molecule has 0 saturated heterocycles. The van der Waals surface area contributed by atoms with Gasteiger partial charge >= 0.3 is 17.3 Å². The topological polar surface area (TPSA) is 107 Å². The Bertz CT molecular complexity index is 981. The standard InChI is InChI=1S/C20H21NO7S/c1-20(2,3)26-19(24)11-6-8-14(9-7-11)27-29(25)28-21-17(22)15-12-4-5-13(10-12)16(15)18(21)23/h4-9,12-13,22-23H,10H2,1-3H3. The molecular formula is C20H21NO7S. The third-order valence-electron chi connectivity index (χ3n) is 4.77. The van der Waals surface area contributed by atoms with Gasteiger partial charge in [-0.1, -0.05) is 16.9 Å². The summed E-state index contributed by atoms with van der Waals surface area (Å²) in [6.07, 6.45) is 4.74. The Kier molecular flexibility index (Phi) is 4.57. The average molecular weight is 419 g/mol. The number of aromatic hydroxyl groups is 2. The molecular weight excluding hydrogens is 398 g/mol. The normalized spacial score (nSPS) is 20.4. The number of esters is 1. The minimum atomic E-state index is -2.34. The predicted octanol–water partition coefficient (Wildman–Crippen LogP) is 3.08. The summed E-state index contributed by atoms with van der Waals surface area (Å²) in [5.41, 5.74) is 0.888. The van der Waals surface area contributed by atoms with Crippen molar-refractivity contribution >= 4 is 17.3 Å². The largest absolute Gasteiger partial charge is 0.492 e. The van der Waals surface area contributed by atoms with Gasteiger partial charge in [0.25, 0.3) is 0 Å². The maximum atomic E-state index is 12.2. The molecule has 29 heavy (non-hydrogen) atoms. The summed E-state index contributed by atoms with van der Waals surface area (Å²) in [5.74, 6) is -0.850. The lowest BCUT2D eigenvalue weighted by Crippen LogP contribution is -2.23. The third kappa shape index (κ3) is 3.57. The first-order valence-corrected chi connectivity index (χ1v) is 10.1. The molecule has 1 aromatic carbocycles. The van der Waals surface area contributed by atoms with Crippen molar-refractivity contribution in [1.82, 2.24) is 4.73 Å². The second-order valence-corrected chi connectivity index (χ2v) is 8.71. The molecule has 0 radical (unpaired) electrons. The number of aromatic nitrogens is 1. The number of carbonyl (C=O) groups excluding carboxylic acids is 1. The molecule has 3 atom stereocenters. The fourth-order valence-corrected chi connectivity index (χ4v) is 4.19. The van der Waals surface area contributed by atoms with Gasteiger partial charge in [-0.15, -0.1) is 0 Å². The van der Waals surface area contributed by atoms with E-state index in [4.69, 9.17) is 13.2 Å². The molecule has 1 aromatic heterocycles. The van der Waals surface area contributed by atoms with Crippen LogP contribution in [0.1, 0.15) is 60.5 Å². The van der Waals surface area contributed by atoms with Crippen LogP contribution in [0, 0.1) is 0 Å². The fourth-order valence-electron chi connectivity index (χ4n) is 3.63. The molecule has 2 aromatic rings. The summed E-state index contributed by atoms with van der Waals surface area (Å²) in [6.45, 7) is 5.31. The number of fused-ring (bicyclic) bond motifs is 5. The first kappa shape index (κ1) is 19.4. The molecule has 0 amide bonds. The maximum absolute atomic E-state index is 12.2. The highest BCUT2D eigenvalue weighted by Gasteiger charge is 2.42. The molecule has 1 heterocycles. The lowest BCUT2D eigenvalue weighted by molar-refractivity contribution is 0.00695. The van der Waals surface area contributed by atoms with Crippen molar-refractivity contribution in [3.8, 4) is 17.5 Å².